The van der Waals surface area contributed by atoms with E-state index >= 15 is 0 Å². The van der Waals surface area contributed by atoms with E-state index < -0.39 is 5.41 Å². The maximum absolute atomic E-state index is 12.4. The van der Waals surface area contributed by atoms with Gasteiger partial charge >= 0.3 is 0 Å². The van der Waals surface area contributed by atoms with Gasteiger partial charge in [-0.05, 0) is 42.7 Å². The Bertz CT molecular complexity index is 1140. The summed E-state index contributed by atoms with van der Waals surface area (Å²) in [5, 5.41) is 19.5. The van der Waals surface area contributed by atoms with Crippen LogP contribution in [0.15, 0.2) is 59.2 Å². The van der Waals surface area contributed by atoms with Gasteiger partial charge in [0.05, 0.1) is 23.6 Å². The highest BCUT2D eigenvalue weighted by Crippen LogP contribution is 2.22. The summed E-state index contributed by atoms with van der Waals surface area (Å²) in [7, 11) is 0. The van der Waals surface area contributed by atoms with Gasteiger partial charge in [0, 0.05) is 30.1 Å². The molecule has 0 aliphatic carbocycles. The molecule has 0 saturated carbocycles. The lowest BCUT2D eigenvalue weighted by atomic mass is 9.86. The number of terminal acetylenes is 1. The summed E-state index contributed by atoms with van der Waals surface area (Å²) in [5.41, 5.74) is 14.4. The summed E-state index contributed by atoms with van der Waals surface area (Å²) in [5.74, 6) is 2.01. The van der Waals surface area contributed by atoms with Gasteiger partial charge in [-0.1, -0.05) is 36.3 Å². The first-order chi connectivity index (χ1) is 15.2. The van der Waals surface area contributed by atoms with E-state index in [1.165, 1.54) is 12.4 Å². The molecule has 32 heavy (non-hydrogen) atoms. The Kier molecular flexibility index (Phi) is 7.92. The number of nitrogens with zero attached hydrogens (tertiary/aromatic N) is 2. The number of carbonyl (C=O) groups is 1. The topological polar surface area (TPSA) is 141 Å². The number of benzene rings is 2. The SMILES string of the molecule is C#Cc1cc(CNC(=O)/C(C=NCc2ccc(C(C)(C)C#N)cc2)=C/N)ccc1C(=N)N. The van der Waals surface area contributed by atoms with Crippen LogP contribution >= 0.6 is 0 Å². The summed E-state index contributed by atoms with van der Waals surface area (Å²) in [6, 6.07) is 15.0. The van der Waals surface area contributed by atoms with Crippen molar-refractivity contribution in [3.8, 4) is 18.4 Å². The molecule has 2 rings (SSSR count). The second kappa shape index (κ2) is 10.6. The molecule has 2 aromatic rings. The van der Waals surface area contributed by atoms with Crippen molar-refractivity contribution in [2.75, 3.05) is 0 Å². The largest absolute Gasteiger partial charge is 0.404 e. The first kappa shape index (κ1) is 23.9. The average molecular weight is 427 g/mol. The van der Waals surface area contributed by atoms with E-state index in [1.807, 2.05) is 38.1 Å². The zero-order chi connectivity index (χ0) is 23.7. The fourth-order valence-electron chi connectivity index (χ4n) is 2.86. The third-order valence-corrected chi connectivity index (χ3v) is 4.88. The summed E-state index contributed by atoms with van der Waals surface area (Å²) in [6.45, 7) is 4.33. The molecule has 0 radical (unpaired) electrons. The summed E-state index contributed by atoms with van der Waals surface area (Å²) in [6.07, 6.45) is 8.10. The van der Waals surface area contributed by atoms with E-state index in [1.54, 1.807) is 18.2 Å². The predicted molar refractivity (Wildman–Crippen MR) is 127 cm³/mol. The van der Waals surface area contributed by atoms with Crippen LogP contribution in [0.4, 0.5) is 0 Å². The molecule has 7 heteroatoms. The van der Waals surface area contributed by atoms with Gasteiger partial charge in [-0.25, -0.2) is 0 Å². The number of rotatable bonds is 8. The standard InChI is InChI=1S/C25H26N6O/c1-4-19-11-18(7-10-22(19)23(28)29)14-31-24(32)20(12-26)15-30-13-17-5-8-21(9-6-17)25(2,3)16-27/h1,5-12,15H,13-14,26H2,2-3H3,(H3,28,29)(H,31,32)/b20-12+,30-15?. The van der Waals surface area contributed by atoms with Crippen LogP contribution in [0.2, 0.25) is 0 Å². The van der Waals surface area contributed by atoms with E-state index in [4.69, 9.17) is 23.3 Å². The van der Waals surface area contributed by atoms with Gasteiger partial charge in [0.1, 0.15) is 5.84 Å². The van der Waals surface area contributed by atoms with Crippen molar-refractivity contribution in [2.45, 2.75) is 32.4 Å². The maximum atomic E-state index is 12.4. The molecule has 0 bridgehead atoms. The minimum absolute atomic E-state index is 0.110. The van der Waals surface area contributed by atoms with Gasteiger partial charge in [0.25, 0.3) is 5.91 Å². The number of amidine groups is 1. The molecule has 0 heterocycles. The molecule has 0 aromatic heterocycles. The Morgan fingerprint density at radius 2 is 1.91 bits per heavy atom. The number of nitrogens with two attached hydrogens (primary N) is 2. The molecule has 2 aromatic carbocycles. The first-order valence-corrected chi connectivity index (χ1v) is 9.86. The zero-order valence-electron chi connectivity index (χ0n) is 18.1. The first-order valence-electron chi connectivity index (χ1n) is 9.86. The number of carbonyl (C=O) groups excluding carboxylic acids is 1. The van der Waals surface area contributed by atoms with Crippen LogP contribution < -0.4 is 16.8 Å². The Morgan fingerprint density at radius 1 is 1.25 bits per heavy atom. The molecule has 0 unspecified atom stereocenters. The highest BCUT2D eigenvalue weighted by molar-refractivity contribution is 6.12. The van der Waals surface area contributed by atoms with Gasteiger partial charge in [-0.15, -0.1) is 6.42 Å². The summed E-state index contributed by atoms with van der Waals surface area (Å²) < 4.78 is 0. The number of aliphatic imine (C=N–C) groups is 1. The molecule has 0 saturated heterocycles. The Hall–Kier alpha value is -4.36. The van der Waals surface area contributed by atoms with Crippen molar-refractivity contribution in [2.24, 2.45) is 16.5 Å². The van der Waals surface area contributed by atoms with Crippen LogP contribution in [0, 0.1) is 29.1 Å². The fraction of sp³-hybridized carbons (Fsp3) is 0.200. The molecule has 0 aliphatic heterocycles. The molecule has 0 atom stereocenters. The molecular formula is C25H26N6O. The highest BCUT2D eigenvalue weighted by atomic mass is 16.1. The Morgan fingerprint density at radius 3 is 2.47 bits per heavy atom. The number of amides is 1. The number of hydrogen-bond acceptors (Lipinski definition) is 5. The van der Waals surface area contributed by atoms with Crippen molar-refractivity contribution in [1.29, 1.82) is 10.7 Å². The third kappa shape index (κ3) is 6.07. The number of nitrogen functional groups attached to an aromatic ring is 1. The number of nitriles is 1. The van der Waals surface area contributed by atoms with E-state index in [9.17, 15) is 10.1 Å². The molecule has 0 spiro atoms. The summed E-state index contributed by atoms with van der Waals surface area (Å²) in [4.78, 5) is 16.7. The van der Waals surface area contributed by atoms with Crippen LogP contribution in [-0.4, -0.2) is 18.0 Å². The molecule has 162 valence electrons. The molecule has 0 fully saturated rings. The van der Waals surface area contributed by atoms with Crippen LogP contribution in [0.25, 0.3) is 0 Å². The quantitative estimate of drug-likeness (QED) is 0.223. The van der Waals surface area contributed by atoms with Gasteiger partial charge in [-0.3, -0.25) is 15.2 Å². The maximum Gasteiger partial charge on any atom is 0.254 e. The lowest BCUT2D eigenvalue weighted by Gasteiger charge is -2.15. The lowest BCUT2D eigenvalue weighted by Crippen LogP contribution is -2.26. The van der Waals surface area contributed by atoms with Gasteiger partial charge in [0.15, 0.2) is 0 Å². The summed E-state index contributed by atoms with van der Waals surface area (Å²) >= 11 is 0. The zero-order valence-corrected chi connectivity index (χ0v) is 18.1. The third-order valence-electron chi connectivity index (χ3n) is 4.88. The van der Waals surface area contributed by atoms with Gasteiger partial charge < -0.3 is 16.8 Å². The average Bonchev–Trinajstić information content (AvgIpc) is 2.80. The number of hydrogen-bond donors (Lipinski definition) is 4. The fourth-order valence-corrected chi connectivity index (χ4v) is 2.86. The minimum atomic E-state index is -0.553. The highest BCUT2D eigenvalue weighted by Gasteiger charge is 2.19. The lowest BCUT2D eigenvalue weighted by molar-refractivity contribution is -0.117. The smallest absolute Gasteiger partial charge is 0.254 e. The van der Waals surface area contributed by atoms with Crippen LogP contribution in [-0.2, 0) is 23.3 Å². The Labute approximate surface area is 188 Å². The Balaban J connectivity index is 1.97. The number of nitrogens with one attached hydrogen (secondary N) is 2. The van der Waals surface area contributed by atoms with Crippen molar-refractivity contribution >= 4 is 18.0 Å². The minimum Gasteiger partial charge on any atom is -0.404 e. The van der Waals surface area contributed by atoms with E-state index in [2.05, 4.69) is 22.3 Å². The van der Waals surface area contributed by atoms with Crippen molar-refractivity contribution < 1.29 is 4.79 Å². The molecular weight excluding hydrogens is 400 g/mol. The van der Waals surface area contributed by atoms with Gasteiger partial charge in [0.2, 0.25) is 0 Å². The van der Waals surface area contributed by atoms with Gasteiger partial charge in [-0.2, -0.15) is 5.26 Å². The van der Waals surface area contributed by atoms with Crippen LogP contribution in [0.5, 0.6) is 0 Å². The van der Waals surface area contributed by atoms with Crippen molar-refractivity contribution in [3.63, 3.8) is 0 Å². The molecule has 7 nitrogen and oxygen atoms in total. The molecule has 6 N–H and O–H groups in total. The second-order valence-corrected chi connectivity index (χ2v) is 7.65. The molecule has 1 amide bonds. The predicted octanol–water partition coefficient (Wildman–Crippen LogP) is 2.48. The molecule has 0 aliphatic rings. The van der Waals surface area contributed by atoms with Crippen molar-refractivity contribution in [3.05, 3.63) is 82.1 Å². The van der Waals surface area contributed by atoms with Crippen molar-refractivity contribution in [1.82, 2.24) is 5.32 Å². The monoisotopic (exact) mass is 426 g/mol. The van der Waals surface area contributed by atoms with Crippen LogP contribution in [0.3, 0.4) is 0 Å². The van der Waals surface area contributed by atoms with E-state index in [0.717, 1.165) is 16.7 Å². The second-order valence-electron chi connectivity index (χ2n) is 7.65. The van der Waals surface area contributed by atoms with E-state index in [-0.39, 0.29) is 23.9 Å². The van der Waals surface area contributed by atoms with Crippen LogP contribution in [0.1, 0.15) is 41.7 Å². The van der Waals surface area contributed by atoms with E-state index in [0.29, 0.717) is 17.7 Å². The normalized spacial score (nSPS) is 11.6.